The Bertz CT molecular complexity index is 3300. The molecule has 0 radical (unpaired) electrons. The number of anilines is 3. The van der Waals surface area contributed by atoms with Gasteiger partial charge in [-0.15, -0.1) is 0 Å². The van der Waals surface area contributed by atoms with Gasteiger partial charge in [-0.25, -0.2) is 0 Å². The quantitative estimate of drug-likeness (QED) is 0.160. The fourth-order valence-electron chi connectivity index (χ4n) is 12.9. The van der Waals surface area contributed by atoms with E-state index in [-0.39, 0.29) is 5.41 Å². The Labute approximate surface area is 369 Å². The Balaban J connectivity index is 0.918. The van der Waals surface area contributed by atoms with Crippen LogP contribution in [0.5, 0.6) is 0 Å². The molecule has 10 aromatic rings. The predicted octanol–water partition coefficient (Wildman–Crippen LogP) is 16.6. The molecule has 4 fully saturated rings. The lowest BCUT2D eigenvalue weighted by Gasteiger charge is -2.40. The smallest absolute Gasteiger partial charge is 0.135 e. The summed E-state index contributed by atoms with van der Waals surface area (Å²) in [6.07, 6.45) is 8.21. The number of hydrogen-bond acceptors (Lipinski definition) is 2. The molecule has 4 aliphatic carbocycles. The van der Waals surface area contributed by atoms with E-state index >= 15 is 0 Å². The van der Waals surface area contributed by atoms with Gasteiger partial charge in [0.25, 0.3) is 0 Å². The van der Waals surface area contributed by atoms with Gasteiger partial charge >= 0.3 is 0 Å². The second kappa shape index (κ2) is 14.4. The zero-order chi connectivity index (χ0) is 41.6. The minimum absolute atomic E-state index is 0.208. The van der Waals surface area contributed by atoms with Gasteiger partial charge in [0.05, 0.1) is 11.0 Å². The standard InChI is InChI=1S/C60H50N2O/c1-39-37-60(38-40-33-43(39)21-27-46(60)34-40)54-16-5-8-19-57(54)61(48-30-24-42(25-31-48)45-26-32-59-53(36-45)52-15-4-9-20-58(52)63-59)47-28-22-41(23-29-47)44-11-10-12-49(35-44)62-55-17-6-2-13-50(55)51-14-3-7-18-56(51)62/h2-20,22-26,28-32,35-36,39-40,43,46H,21,27,33-34,37-38H2,1H3/t39-,40-,43?,46?,60?/m1/s1. The van der Waals surface area contributed by atoms with Crippen molar-refractivity contribution in [2.24, 2.45) is 23.7 Å². The van der Waals surface area contributed by atoms with E-state index in [1.165, 1.54) is 105 Å². The fraction of sp³-hybridized carbons (Fsp3) is 0.200. The number of para-hydroxylation sites is 4. The number of benzene rings is 8. The molecule has 0 aliphatic heterocycles. The Morgan fingerprint density at radius 1 is 0.508 bits per heavy atom. The first-order chi connectivity index (χ1) is 31.1. The summed E-state index contributed by atoms with van der Waals surface area (Å²) in [5.41, 5.74) is 15.7. The van der Waals surface area contributed by atoms with E-state index in [0.29, 0.717) is 0 Å². The van der Waals surface area contributed by atoms with Crippen LogP contribution in [0.4, 0.5) is 17.1 Å². The van der Waals surface area contributed by atoms with Crippen molar-refractivity contribution in [3.05, 3.63) is 194 Å². The summed E-state index contributed by atoms with van der Waals surface area (Å²) < 4.78 is 8.60. The molecule has 8 aromatic carbocycles. The van der Waals surface area contributed by atoms with Gasteiger partial charge in [0, 0.05) is 49.7 Å². The van der Waals surface area contributed by atoms with Gasteiger partial charge < -0.3 is 13.9 Å². The van der Waals surface area contributed by atoms with Gasteiger partial charge in [-0.1, -0.05) is 122 Å². The van der Waals surface area contributed by atoms with Crippen LogP contribution < -0.4 is 4.90 Å². The monoisotopic (exact) mass is 814 g/mol. The number of furan rings is 1. The van der Waals surface area contributed by atoms with Crippen molar-refractivity contribution < 1.29 is 4.42 Å². The lowest BCUT2D eigenvalue weighted by molar-refractivity contribution is 0.257. The average Bonchev–Trinajstić information content (AvgIpc) is 3.86. The molecule has 3 nitrogen and oxygen atoms in total. The van der Waals surface area contributed by atoms with E-state index in [2.05, 4.69) is 198 Å². The maximum Gasteiger partial charge on any atom is 0.135 e. The molecule has 0 amide bonds. The molecule has 0 N–H and O–H groups in total. The van der Waals surface area contributed by atoms with Crippen LogP contribution in [0.1, 0.15) is 51.0 Å². The predicted molar refractivity (Wildman–Crippen MR) is 263 cm³/mol. The van der Waals surface area contributed by atoms with E-state index < -0.39 is 0 Å². The Kier molecular flexibility index (Phi) is 8.38. The summed E-state index contributed by atoms with van der Waals surface area (Å²) in [5, 5.41) is 4.88. The molecule has 0 spiro atoms. The van der Waals surface area contributed by atoms with Crippen LogP contribution in [0, 0.1) is 23.7 Å². The lowest BCUT2D eigenvalue weighted by atomic mass is 9.67. The maximum atomic E-state index is 6.19. The van der Waals surface area contributed by atoms with Gasteiger partial charge in [-0.3, -0.25) is 0 Å². The maximum absolute atomic E-state index is 6.19. The normalized spacial score (nSPS) is 21.7. The molecule has 63 heavy (non-hydrogen) atoms. The fourth-order valence-corrected chi connectivity index (χ4v) is 12.9. The van der Waals surface area contributed by atoms with Crippen molar-refractivity contribution in [3.8, 4) is 27.9 Å². The van der Waals surface area contributed by atoms with E-state index in [1.54, 1.807) is 5.56 Å². The first kappa shape index (κ1) is 36.8. The summed E-state index contributed by atoms with van der Waals surface area (Å²) >= 11 is 0. The molecule has 3 heteroatoms. The van der Waals surface area contributed by atoms with Crippen LogP contribution in [-0.2, 0) is 5.41 Å². The molecule has 4 bridgehead atoms. The molecule has 306 valence electrons. The lowest BCUT2D eigenvalue weighted by Crippen LogP contribution is -2.33. The van der Waals surface area contributed by atoms with Crippen molar-refractivity contribution in [2.75, 3.05) is 4.90 Å². The number of aromatic nitrogens is 1. The highest BCUT2D eigenvalue weighted by Gasteiger charge is 2.55. The van der Waals surface area contributed by atoms with Gasteiger partial charge in [0.2, 0.25) is 0 Å². The molecule has 3 unspecified atom stereocenters. The van der Waals surface area contributed by atoms with Gasteiger partial charge in [-0.2, -0.15) is 0 Å². The van der Waals surface area contributed by atoms with Crippen molar-refractivity contribution in [2.45, 2.75) is 50.9 Å². The Morgan fingerprint density at radius 2 is 1.13 bits per heavy atom. The van der Waals surface area contributed by atoms with Crippen LogP contribution in [0.3, 0.4) is 0 Å². The molecular formula is C60H50N2O. The Morgan fingerprint density at radius 3 is 1.87 bits per heavy atom. The van der Waals surface area contributed by atoms with E-state index in [0.717, 1.165) is 45.6 Å². The number of fused-ring (bicyclic) bond motifs is 8. The second-order valence-corrected chi connectivity index (χ2v) is 19.1. The minimum atomic E-state index is 0.208. The molecular weight excluding hydrogens is 765 g/mol. The zero-order valence-corrected chi connectivity index (χ0v) is 35.8. The van der Waals surface area contributed by atoms with Crippen LogP contribution in [0.25, 0.3) is 71.7 Å². The third-order valence-corrected chi connectivity index (χ3v) is 15.7. The molecule has 14 rings (SSSR count). The Hall–Kier alpha value is -6.84. The van der Waals surface area contributed by atoms with Crippen molar-refractivity contribution in [3.63, 3.8) is 0 Å². The topological polar surface area (TPSA) is 21.3 Å². The van der Waals surface area contributed by atoms with Crippen molar-refractivity contribution >= 4 is 60.8 Å². The number of nitrogens with zero attached hydrogens (tertiary/aromatic N) is 2. The van der Waals surface area contributed by atoms with Gasteiger partial charge in [0.15, 0.2) is 0 Å². The highest BCUT2D eigenvalue weighted by Crippen LogP contribution is 2.63. The summed E-state index contributed by atoms with van der Waals surface area (Å²) in [6, 6.07) is 69.6. The number of hydrogen-bond donors (Lipinski definition) is 0. The third-order valence-electron chi connectivity index (χ3n) is 15.7. The second-order valence-electron chi connectivity index (χ2n) is 19.1. The van der Waals surface area contributed by atoms with Gasteiger partial charge in [-0.05, 0) is 163 Å². The molecule has 4 saturated carbocycles. The van der Waals surface area contributed by atoms with Gasteiger partial charge in [0.1, 0.15) is 11.2 Å². The summed E-state index contributed by atoms with van der Waals surface area (Å²) in [5.74, 6) is 3.22. The third kappa shape index (κ3) is 5.86. The largest absolute Gasteiger partial charge is 0.456 e. The summed E-state index contributed by atoms with van der Waals surface area (Å²) in [7, 11) is 0. The van der Waals surface area contributed by atoms with Crippen molar-refractivity contribution in [1.29, 1.82) is 0 Å². The molecule has 4 aliphatic rings. The van der Waals surface area contributed by atoms with Crippen LogP contribution in [-0.4, -0.2) is 4.57 Å². The number of rotatable bonds is 7. The van der Waals surface area contributed by atoms with E-state index in [4.69, 9.17) is 4.42 Å². The van der Waals surface area contributed by atoms with Crippen molar-refractivity contribution in [1.82, 2.24) is 4.57 Å². The minimum Gasteiger partial charge on any atom is -0.456 e. The molecule has 5 atom stereocenters. The van der Waals surface area contributed by atoms with Crippen LogP contribution in [0.15, 0.2) is 192 Å². The van der Waals surface area contributed by atoms with E-state index in [9.17, 15) is 0 Å². The van der Waals surface area contributed by atoms with Crippen LogP contribution >= 0.6 is 0 Å². The SMILES string of the molecule is C[C@@H]1CC2(c3ccccc3N(c3ccc(-c4cccc(-n5c6ccccc6c6ccccc65)c4)cc3)c3ccc(-c4ccc5oc6ccccc6c5c4)cc3)C[C@@H]3CC1CCC2C3. The zero-order valence-electron chi connectivity index (χ0n) is 35.8. The highest BCUT2D eigenvalue weighted by atomic mass is 16.3. The molecule has 2 heterocycles. The van der Waals surface area contributed by atoms with E-state index in [1.807, 2.05) is 6.07 Å². The highest BCUT2D eigenvalue weighted by molar-refractivity contribution is 6.09. The first-order valence-corrected chi connectivity index (χ1v) is 23.2. The summed E-state index contributed by atoms with van der Waals surface area (Å²) in [4.78, 5) is 2.56. The average molecular weight is 815 g/mol. The van der Waals surface area contributed by atoms with Crippen LogP contribution in [0.2, 0.25) is 0 Å². The molecule has 2 aromatic heterocycles. The first-order valence-electron chi connectivity index (χ1n) is 23.2. The molecule has 0 saturated heterocycles. The summed E-state index contributed by atoms with van der Waals surface area (Å²) in [6.45, 7) is 2.56.